The van der Waals surface area contributed by atoms with Crippen LogP contribution in [0.5, 0.6) is 0 Å². The van der Waals surface area contributed by atoms with E-state index in [1.54, 1.807) is 0 Å². The Labute approximate surface area is 89.0 Å². The smallest absolute Gasteiger partial charge is 0.0647 e. The van der Waals surface area contributed by atoms with Crippen molar-refractivity contribution in [1.29, 1.82) is 0 Å². The minimum absolute atomic E-state index is 0.192. The first-order valence-electron chi connectivity index (χ1n) is 4.89. The summed E-state index contributed by atoms with van der Waals surface area (Å²) in [5, 5.41) is 9.93. The molecule has 14 heavy (non-hydrogen) atoms. The predicted octanol–water partition coefficient (Wildman–Crippen LogP) is 3.27. The van der Waals surface area contributed by atoms with Gasteiger partial charge in [0.05, 0.1) is 6.61 Å². The minimum atomic E-state index is 0.192. The zero-order chi connectivity index (χ0) is 9.97. The van der Waals surface area contributed by atoms with Gasteiger partial charge in [0, 0.05) is 5.02 Å². The van der Waals surface area contributed by atoms with Gasteiger partial charge in [0.2, 0.25) is 0 Å². The second kappa shape index (κ2) is 4.16. The molecule has 0 heterocycles. The van der Waals surface area contributed by atoms with E-state index < -0.39 is 0 Å². The Morgan fingerprint density at radius 2 is 1.86 bits per heavy atom. The lowest BCUT2D eigenvalue weighted by atomic mass is 10.0. The van der Waals surface area contributed by atoms with E-state index >= 15 is 0 Å². The van der Waals surface area contributed by atoms with Gasteiger partial charge in [-0.1, -0.05) is 23.7 Å². The van der Waals surface area contributed by atoms with Crippen molar-refractivity contribution in [3.05, 3.63) is 40.4 Å². The molecule has 0 aliphatic heterocycles. The Morgan fingerprint density at radius 3 is 2.50 bits per heavy atom. The number of halogens is 1. The standard InChI is InChI=1S/C12H13ClO/c13-11-6-4-9(5-7-11)12-3-1-2-10(12)8-14/h4-7,14H,1-3,8H2. The highest BCUT2D eigenvalue weighted by atomic mass is 35.5. The first kappa shape index (κ1) is 9.75. The molecule has 0 fully saturated rings. The van der Waals surface area contributed by atoms with Crippen LogP contribution in [-0.2, 0) is 0 Å². The van der Waals surface area contributed by atoms with Gasteiger partial charge in [-0.05, 0) is 48.1 Å². The lowest BCUT2D eigenvalue weighted by molar-refractivity contribution is 0.329. The third-order valence-corrected chi connectivity index (χ3v) is 2.97. The quantitative estimate of drug-likeness (QED) is 0.791. The zero-order valence-corrected chi connectivity index (χ0v) is 8.72. The fraction of sp³-hybridized carbons (Fsp3) is 0.333. The average Bonchev–Trinajstić information content (AvgIpc) is 2.67. The Kier molecular flexibility index (Phi) is 2.90. The van der Waals surface area contributed by atoms with E-state index in [1.807, 2.05) is 24.3 Å². The molecule has 1 aliphatic rings. The Balaban J connectivity index is 2.34. The van der Waals surface area contributed by atoms with Gasteiger partial charge in [0.15, 0.2) is 0 Å². The SMILES string of the molecule is OCC1=C(c2ccc(Cl)cc2)CCC1. The molecule has 0 radical (unpaired) electrons. The van der Waals surface area contributed by atoms with Gasteiger partial charge in [-0.25, -0.2) is 0 Å². The van der Waals surface area contributed by atoms with Crippen molar-refractivity contribution in [1.82, 2.24) is 0 Å². The molecule has 0 aromatic heterocycles. The van der Waals surface area contributed by atoms with E-state index in [0.717, 1.165) is 24.3 Å². The summed E-state index contributed by atoms with van der Waals surface area (Å²) in [4.78, 5) is 0. The van der Waals surface area contributed by atoms with Gasteiger partial charge in [-0.3, -0.25) is 0 Å². The van der Waals surface area contributed by atoms with Crippen LogP contribution in [0.2, 0.25) is 5.02 Å². The van der Waals surface area contributed by atoms with Crippen LogP contribution in [-0.4, -0.2) is 11.7 Å². The molecule has 0 spiro atoms. The Hall–Kier alpha value is -0.790. The van der Waals surface area contributed by atoms with Crippen molar-refractivity contribution in [2.45, 2.75) is 19.3 Å². The number of rotatable bonds is 2. The van der Waals surface area contributed by atoms with E-state index in [9.17, 15) is 0 Å². The number of hydrogen-bond donors (Lipinski definition) is 1. The third kappa shape index (κ3) is 1.84. The van der Waals surface area contributed by atoms with Gasteiger partial charge >= 0.3 is 0 Å². The maximum absolute atomic E-state index is 9.17. The summed E-state index contributed by atoms with van der Waals surface area (Å²) in [5.41, 5.74) is 3.70. The van der Waals surface area contributed by atoms with E-state index in [2.05, 4.69) is 0 Å². The van der Waals surface area contributed by atoms with Crippen LogP contribution >= 0.6 is 11.6 Å². The van der Waals surface area contributed by atoms with E-state index in [1.165, 1.54) is 16.7 Å². The van der Waals surface area contributed by atoms with Crippen LogP contribution in [0.3, 0.4) is 0 Å². The number of hydrogen-bond acceptors (Lipinski definition) is 1. The van der Waals surface area contributed by atoms with Crippen LogP contribution in [0.15, 0.2) is 29.8 Å². The van der Waals surface area contributed by atoms with Gasteiger partial charge < -0.3 is 5.11 Å². The fourth-order valence-corrected chi connectivity index (χ4v) is 2.11. The number of aliphatic hydroxyl groups excluding tert-OH is 1. The van der Waals surface area contributed by atoms with Crippen molar-refractivity contribution in [3.63, 3.8) is 0 Å². The van der Waals surface area contributed by atoms with Gasteiger partial charge in [0.25, 0.3) is 0 Å². The molecular weight excluding hydrogens is 196 g/mol. The normalized spacial score (nSPS) is 16.4. The molecule has 2 heteroatoms. The van der Waals surface area contributed by atoms with Crippen molar-refractivity contribution in [2.75, 3.05) is 6.61 Å². The summed E-state index contributed by atoms with van der Waals surface area (Å²) in [6, 6.07) is 7.85. The molecule has 0 atom stereocenters. The second-order valence-electron chi connectivity index (χ2n) is 3.60. The molecule has 1 nitrogen and oxygen atoms in total. The highest BCUT2D eigenvalue weighted by Gasteiger charge is 2.14. The van der Waals surface area contributed by atoms with Crippen LogP contribution < -0.4 is 0 Å². The van der Waals surface area contributed by atoms with Crippen molar-refractivity contribution < 1.29 is 5.11 Å². The first-order valence-corrected chi connectivity index (χ1v) is 5.27. The van der Waals surface area contributed by atoms with Crippen molar-refractivity contribution in [3.8, 4) is 0 Å². The monoisotopic (exact) mass is 208 g/mol. The molecular formula is C12H13ClO. The highest BCUT2D eigenvalue weighted by molar-refractivity contribution is 6.30. The summed E-state index contributed by atoms with van der Waals surface area (Å²) in [7, 11) is 0. The molecule has 0 saturated carbocycles. The lowest BCUT2D eigenvalue weighted by Crippen LogP contribution is -1.89. The molecule has 0 saturated heterocycles. The fourth-order valence-electron chi connectivity index (χ4n) is 1.98. The summed E-state index contributed by atoms with van der Waals surface area (Å²) in [6.07, 6.45) is 3.28. The van der Waals surface area contributed by atoms with Crippen LogP contribution in [0.1, 0.15) is 24.8 Å². The van der Waals surface area contributed by atoms with Gasteiger partial charge in [0.1, 0.15) is 0 Å². The summed E-state index contributed by atoms with van der Waals surface area (Å²) < 4.78 is 0. The minimum Gasteiger partial charge on any atom is -0.392 e. The molecule has 1 aromatic rings. The Morgan fingerprint density at radius 1 is 1.14 bits per heavy atom. The Bertz CT molecular complexity index is 351. The summed E-state index contributed by atoms with van der Waals surface area (Å²) in [6.45, 7) is 0.192. The molecule has 2 rings (SSSR count). The van der Waals surface area contributed by atoms with Crippen LogP contribution in [0, 0.1) is 0 Å². The number of allylic oxidation sites excluding steroid dienone is 1. The molecule has 1 aliphatic carbocycles. The summed E-state index contributed by atoms with van der Waals surface area (Å²) in [5.74, 6) is 0. The molecule has 1 aromatic carbocycles. The predicted molar refractivity (Wildman–Crippen MR) is 59.3 cm³/mol. The maximum atomic E-state index is 9.17. The topological polar surface area (TPSA) is 20.2 Å². The molecule has 0 bridgehead atoms. The zero-order valence-electron chi connectivity index (χ0n) is 7.96. The van der Waals surface area contributed by atoms with Crippen molar-refractivity contribution >= 4 is 17.2 Å². The highest BCUT2D eigenvalue weighted by Crippen LogP contribution is 2.33. The van der Waals surface area contributed by atoms with E-state index in [-0.39, 0.29) is 6.61 Å². The lowest BCUT2D eigenvalue weighted by Gasteiger charge is -2.05. The summed E-state index contributed by atoms with van der Waals surface area (Å²) >= 11 is 5.82. The largest absolute Gasteiger partial charge is 0.392 e. The number of benzene rings is 1. The maximum Gasteiger partial charge on any atom is 0.0647 e. The molecule has 74 valence electrons. The molecule has 0 amide bonds. The third-order valence-electron chi connectivity index (χ3n) is 2.72. The van der Waals surface area contributed by atoms with Gasteiger partial charge in [-0.15, -0.1) is 0 Å². The van der Waals surface area contributed by atoms with Crippen molar-refractivity contribution in [2.24, 2.45) is 0 Å². The van der Waals surface area contributed by atoms with E-state index in [4.69, 9.17) is 16.7 Å². The van der Waals surface area contributed by atoms with Crippen LogP contribution in [0.25, 0.3) is 5.57 Å². The van der Waals surface area contributed by atoms with Crippen LogP contribution in [0.4, 0.5) is 0 Å². The number of aliphatic hydroxyl groups is 1. The molecule has 1 N–H and O–H groups in total. The second-order valence-corrected chi connectivity index (χ2v) is 4.04. The average molecular weight is 209 g/mol. The van der Waals surface area contributed by atoms with Gasteiger partial charge in [-0.2, -0.15) is 0 Å². The first-order chi connectivity index (χ1) is 6.81. The molecule has 0 unspecified atom stereocenters. The van der Waals surface area contributed by atoms with E-state index in [0.29, 0.717) is 0 Å².